The summed E-state index contributed by atoms with van der Waals surface area (Å²) in [5.41, 5.74) is -0.498. The van der Waals surface area contributed by atoms with Gasteiger partial charge < -0.3 is 5.11 Å². The van der Waals surface area contributed by atoms with E-state index in [1.54, 1.807) is 0 Å². The fraction of sp³-hybridized carbons (Fsp3) is 0.667. The molecule has 100 valence electrons. The van der Waals surface area contributed by atoms with Gasteiger partial charge in [0.15, 0.2) is 0 Å². The minimum absolute atomic E-state index is 0.0586. The first-order chi connectivity index (χ1) is 8.21. The monoisotopic (exact) mass is 258 g/mol. The third kappa shape index (κ3) is 2.23. The number of alkyl halides is 2. The first-order valence-electron chi connectivity index (χ1n) is 5.90. The van der Waals surface area contributed by atoms with Crippen LogP contribution in [0.3, 0.4) is 0 Å². The van der Waals surface area contributed by atoms with Gasteiger partial charge in [-0.1, -0.05) is 6.92 Å². The number of hydrogen-bond acceptors (Lipinski definition) is 2. The molecule has 1 aromatic rings. The van der Waals surface area contributed by atoms with E-state index in [-0.39, 0.29) is 11.3 Å². The van der Waals surface area contributed by atoms with Crippen LogP contribution >= 0.6 is 0 Å². The number of aromatic carboxylic acids is 1. The van der Waals surface area contributed by atoms with Gasteiger partial charge in [-0.3, -0.25) is 4.68 Å². The molecule has 0 spiro atoms. The van der Waals surface area contributed by atoms with E-state index in [9.17, 15) is 13.6 Å². The van der Waals surface area contributed by atoms with E-state index in [2.05, 4.69) is 12.0 Å². The average molecular weight is 258 g/mol. The summed E-state index contributed by atoms with van der Waals surface area (Å²) in [4.78, 5) is 11.2. The maximum absolute atomic E-state index is 13.3. The summed E-state index contributed by atoms with van der Waals surface area (Å²) >= 11 is 0. The van der Waals surface area contributed by atoms with Gasteiger partial charge >= 0.3 is 5.97 Å². The standard InChI is InChI=1S/C12H16F2N2O2/c1-6-4-8(6)5-16-9(11(17)18)7(2)10(15-16)12(3,13)14/h6,8H,4-5H2,1-3H3,(H,17,18)/t6-,8?/m1/s1. The summed E-state index contributed by atoms with van der Waals surface area (Å²) in [7, 11) is 0. The van der Waals surface area contributed by atoms with Crippen molar-refractivity contribution in [3.05, 3.63) is 17.0 Å². The van der Waals surface area contributed by atoms with E-state index in [0.717, 1.165) is 13.3 Å². The van der Waals surface area contributed by atoms with Crippen molar-refractivity contribution in [3.8, 4) is 0 Å². The highest BCUT2D eigenvalue weighted by atomic mass is 19.3. The van der Waals surface area contributed by atoms with Gasteiger partial charge in [0, 0.05) is 19.0 Å². The number of aromatic nitrogens is 2. The lowest BCUT2D eigenvalue weighted by Gasteiger charge is -2.06. The molecule has 0 radical (unpaired) electrons. The second kappa shape index (κ2) is 4.03. The van der Waals surface area contributed by atoms with Crippen LogP contribution < -0.4 is 0 Å². The van der Waals surface area contributed by atoms with Gasteiger partial charge in [-0.2, -0.15) is 13.9 Å². The Labute approximate surface area is 104 Å². The number of carbonyl (C=O) groups is 1. The molecule has 1 aromatic heterocycles. The summed E-state index contributed by atoms with van der Waals surface area (Å²) in [6.45, 7) is 4.57. The minimum Gasteiger partial charge on any atom is -0.477 e. The zero-order valence-electron chi connectivity index (χ0n) is 10.6. The van der Waals surface area contributed by atoms with Crippen LogP contribution in [-0.4, -0.2) is 20.9 Å². The summed E-state index contributed by atoms with van der Waals surface area (Å²) in [6, 6.07) is 0. The number of nitrogens with zero attached hydrogens (tertiary/aromatic N) is 2. The van der Waals surface area contributed by atoms with E-state index < -0.39 is 17.6 Å². The molecule has 1 heterocycles. The van der Waals surface area contributed by atoms with Crippen molar-refractivity contribution < 1.29 is 18.7 Å². The van der Waals surface area contributed by atoms with Crippen molar-refractivity contribution in [1.29, 1.82) is 0 Å². The Morgan fingerprint density at radius 1 is 1.61 bits per heavy atom. The fourth-order valence-electron chi connectivity index (χ4n) is 2.25. The van der Waals surface area contributed by atoms with Gasteiger partial charge in [0.05, 0.1) is 0 Å². The van der Waals surface area contributed by atoms with Crippen LogP contribution in [0, 0.1) is 18.8 Å². The van der Waals surface area contributed by atoms with Crippen molar-refractivity contribution >= 4 is 5.97 Å². The molecular formula is C12H16F2N2O2. The number of hydrogen-bond donors (Lipinski definition) is 1. The topological polar surface area (TPSA) is 55.1 Å². The third-order valence-electron chi connectivity index (χ3n) is 3.49. The molecule has 0 saturated heterocycles. The minimum atomic E-state index is -3.12. The SMILES string of the molecule is Cc1c(C(C)(F)F)nn(CC2C[C@H]2C)c1C(=O)O. The van der Waals surface area contributed by atoms with Crippen LogP contribution in [0.2, 0.25) is 0 Å². The van der Waals surface area contributed by atoms with Crippen molar-refractivity contribution in [2.75, 3.05) is 0 Å². The molecule has 1 aliphatic rings. The molecule has 0 amide bonds. The highest BCUT2D eigenvalue weighted by molar-refractivity contribution is 5.87. The predicted octanol–water partition coefficient (Wildman–Crippen LogP) is 2.66. The first-order valence-corrected chi connectivity index (χ1v) is 5.90. The molecule has 18 heavy (non-hydrogen) atoms. The molecule has 1 saturated carbocycles. The van der Waals surface area contributed by atoms with Gasteiger partial charge in [-0.25, -0.2) is 4.79 Å². The molecule has 0 aliphatic heterocycles. The Balaban J connectivity index is 2.41. The lowest BCUT2D eigenvalue weighted by Crippen LogP contribution is -2.13. The Hall–Kier alpha value is -1.46. The molecule has 4 nitrogen and oxygen atoms in total. The molecule has 0 aromatic carbocycles. The van der Waals surface area contributed by atoms with Crippen LogP contribution in [0.1, 0.15) is 42.0 Å². The summed E-state index contributed by atoms with van der Waals surface area (Å²) in [5.74, 6) is -3.46. The van der Waals surface area contributed by atoms with Gasteiger partial charge in [0.2, 0.25) is 0 Å². The highest BCUT2D eigenvalue weighted by Crippen LogP contribution is 2.40. The van der Waals surface area contributed by atoms with Crippen LogP contribution in [0.25, 0.3) is 0 Å². The predicted molar refractivity (Wildman–Crippen MR) is 60.8 cm³/mol. The Bertz CT molecular complexity index is 491. The van der Waals surface area contributed by atoms with Crippen molar-refractivity contribution in [3.63, 3.8) is 0 Å². The van der Waals surface area contributed by atoms with Crippen LogP contribution in [0.5, 0.6) is 0 Å². The zero-order chi connectivity index (χ0) is 13.7. The van der Waals surface area contributed by atoms with Gasteiger partial charge in [-0.05, 0) is 25.2 Å². The molecule has 1 unspecified atom stereocenters. The molecule has 1 aliphatic carbocycles. The Kier molecular flexibility index (Phi) is 2.91. The van der Waals surface area contributed by atoms with Crippen molar-refractivity contribution in [1.82, 2.24) is 9.78 Å². The Morgan fingerprint density at radius 2 is 2.17 bits per heavy atom. The van der Waals surface area contributed by atoms with Crippen LogP contribution in [0.4, 0.5) is 8.78 Å². The highest BCUT2D eigenvalue weighted by Gasteiger charge is 2.38. The second-order valence-electron chi connectivity index (χ2n) is 5.17. The summed E-state index contributed by atoms with van der Waals surface area (Å²) < 4.78 is 27.9. The largest absolute Gasteiger partial charge is 0.477 e. The van der Waals surface area contributed by atoms with Crippen LogP contribution in [-0.2, 0) is 12.5 Å². The van der Waals surface area contributed by atoms with Gasteiger partial charge in [-0.15, -0.1) is 0 Å². The quantitative estimate of drug-likeness (QED) is 0.903. The van der Waals surface area contributed by atoms with Gasteiger partial charge in [0.25, 0.3) is 5.92 Å². The molecule has 1 fully saturated rings. The molecular weight excluding hydrogens is 242 g/mol. The molecule has 6 heteroatoms. The molecule has 0 bridgehead atoms. The maximum Gasteiger partial charge on any atom is 0.354 e. The molecule has 2 atom stereocenters. The van der Waals surface area contributed by atoms with E-state index in [1.807, 2.05) is 0 Å². The van der Waals surface area contributed by atoms with Gasteiger partial charge in [0.1, 0.15) is 11.4 Å². The fourth-order valence-corrected chi connectivity index (χ4v) is 2.25. The number of halogens is 2. The summed E-state index contributed by atoms with van der Waals surface area (Å²) in [6.07, 6.45) is 0.996. The maximum atomic E-state index is 13.3. The van der Waals surface area contributed by atoms with E-state index in [4.69, 9.17) is 5.11 Å². The lowest BCUT2D eigenvalue weighted by atomic mass is 10.1. The lowest BCUT2D eigenvalue weighted by molar-refractivity contribution is 0.0114. The average Bonchev–Trinajstić information content (AvgIpc) is 2.74. The molecule has 2 rings (SSSR count). The number of carboxylic acids is 1. The molecule has 1 N–H and O–H groups in total. The van der Waals surface area contributed by atoms with Crippen molar-refractivity contribution in [2.24, 2.45) is 11.8 Å². The van der Waals surface area contributed by atoms with E-state index in [0.29, 0.717) is 18.4 Å². The van der Waals surface area contributed by atoms with Crippen molar-refractivity contribution in [2.45, 2.75) is 39.7 Å². The zero-order valence-corrected chi connectivity index (χ0v) is 10.6. The summed E-state index contributed by atoms with van der Waals surface area (Å²) in [5, 5.41) is 12.9. The number of rotatable bonds is 4. The van der Waals surface area contributed by atoms with E-state index in [1.165, 1.54) is 11.6 Å². The smallest absolute Gasteiger partial charge is 0.354 e. The Morgan fingerprint density at radius 3 is 2.56 bits per heavy atom. The van der Waals surface area contributed by atoms with Crippen LogP contribution in [0.15, 0.2) is 0 Å². The normalized spacial score (nSPS) is 23.2. The first kappa shape index (κ1) is 13.0. The third-order valence-corrected chi connectivity index (χ3v) is 3.49. The number of carboxylic acid groups (broad SMARTS) is 1. The second-order valence-corrected chi connectivity index (χ2v) is 5.17. The van der Waals surface area contributed by atoms with E-state index >= 15 is 0 Å².